The Hall–Kier alpha value is -1.59. The molecule has 3 unspecified atom stereocenters. The number of nitrogens with one attached hydrogen (secondary N) is 1. The van der Waals surface area contributed by atoms with Crippen molar-refractivity contribution in [2.75, 3.05) is 18.5 Å². The van der Waals surface area contributed by atoms with Crippen molar-refractivity contribution >= 4 is 11.6 Å². The van der Waals surface area contributed by atoms with Gasteiger partial charge in [0.15, 0.2) is 0 Å². The van der Waals surface area contributed by atoms with E-state index in [0.717, 1.165) is 24.3 Å². The molecule has 1 aromatic carbocycles. The van der Waals surface area contributed by atoms with Crippen molar-refractivity contribution in [3.63, 3.8) is 0 Å². The van der Waals surface area contributed by atoms with Gasteiger partial charge in [-0.05, 0) is 49.4 Å². The van der Waals surface area contributed by atoms with Crippen LogP contribution in [0, 0.1) is 5.92 Å². The van der Waals surface area contributed by atoms with E-state index in [1.165, 1.54) is 12.8 Å². The van der Waals surface area contributed by atoms with Gasteiger partial charge in [0.1, 0.15) is 18.5 Å². The number of carbonyl (C=O) groups is 1. The third kappa shape index (κ3) is 5.80. The smallest absolute Gasteiger partial charge is 0.253 e. The second kappa shape index (κ2) is 9.64. The van der Waals surface area contributed by atoms with Gasteiger partial charge in [-0.2, -0.15) is 0 Å². The molecule has 1 fully saturated rings. The van der Waals surface area contributed by atoms with Gasteiger partial charge in [-0.3, -0.25) is 4.79 Å². The Labute approximate surface area is 144 Å². The lowest BCUT2D eigenvalue weighted by atomic mass is 9.88. The average molecular weight is 334 g/mol. The highest BCUT2D eigenvalue weighted by Crippen LogP contribution is 2.27. The van der Waals surface area contributed by atoms with Crippen LogP contribution in [0.3, 0.4) is 0 Å². The van der Waals surface area contributed by atoms with Gasteiger partial charge in [0.05, 0.1) is 6.10 Å². The standard InChI is InChI=1S/C19H30N2O3/c1-3-18(24-17-6-4-5-14(2)13-17)19(22)21-15-7-9-16(10-8-15)23-12-11-20/h7-10,14,17-18H,3-6,11-13,20H2,1-2H3,(H,21,22). The van der Waals surface area contributed by atoms with Crippen LogP contribution in [0.2, 0.25) is 0 Å². The number of nitrogens with two attached hydrogens (primary N) is 1. The SMILES string of the molecule is CCC(OC1CCCC(C)C1)C(=O)Nc1ccc(OCCN)cc1. The monoisotopic (exact) mass is 334 g/mol. The quantitative estimate of drug-likeness (QED) is 0.765. The zero-order valence-electron chi connectivity index (χ0n) is 14.8. The largest absolute Gasteiger partial charge is 0.492 e. The maximum absolute atomic E-state index is 12.5. The van der Waals surface area contributed by atoms with E-state index < -0.39 is 6.10 Å². The number of ether oxygens (including phenoxy) is 2. The number of hydrogen-bond donors (Lipinski definition) is 2. The summed E-state index contributed by atoms with van der Waals surface area (Å²) >= 11 is 0. The van der Waals surface area contributed by atoms with E-state index in [0.29, 0.717) is 25.5 Å². The van der Waals surface area contributed by atoms with Gasteiger partial charge < -0.3 is 20.5 Å². The highest BCUT2D eigenvalue weighted by atomic mass is 16.5. The summed E-state index contributed by atoms with van der Waals surface area (Å²) in [6, 6.07) is 7.32. The molecule has 0 heterocycles. The molecule has 2 rings (SSSR count). The highest BCUT2D eigenvalue weighted by Gasteiger charge is 2.25. The van der Waals surface area contributed by atoms with Crippen LogP contribution in [0.5, 0.6) is 5.75 Å². The Kier molecular flexibility index (Phi) is 7.53. The van der Waals surface area contributed by atoms with Crippen molar-refractivity contribution in [2.24, 2.45) is 11.7 Å². The zero-order chi connectivity index (χ0) is 17.4. The molecule has 1 amide bonds. The lowest BCUT2D eigenvalue weighted by molar-refractivity contribution is -0.133. The zero-order valence-corrected chi connectivity index (χ0v) is 14.8. The Balaban J connectivity index is 1.86. The van der Waals surface area contributed by atoms with Crippen LogP contribution in [-0.4, -0.2) is 31.3 Å². The number of carbonyl (C=O) groups excluding carboxylic acids is 1. The fourth-order valence-corrected chi connectivity index (χ4v) is 3.11. The van der Waals surface area contributed by atoms with Gasteiger partial charge >= 0.3 is 0 Å². The minimum atomic E-state index is -0.395. The van der Waals surface area contributed by atoms with Crippen LogP contribution in [0.25, 0.3) is 0 Å². The molecule has 3 atom stereocenters. The van der Waals surface area contributed by atoms with Crippen molar-refractivity contribution in [1.29, 1.82) is 0 Å². The van der Waals surface area contributed by atoms with Crippen molar-refractivity contribution in [2.45, 2.75) is 58.2 Å². The number of amides is 1. The molecule has 1 aliphatic rings. The number of hydrogen-bond acceptors (Lipinski definition) is 4. The molecule has 3 N–H and O–H groups in total. The third-order valence-electron chi connectivity index (χ3n) is 4.42. The van der Waals surface area contributed by atoms with E-state index in [4.69, 9.17) is 15.2 Å². The Morgan fingerprint density at radius 2 is 2.08 bits per heavy atom. The molecule has 0 saturated heterocycles. The molecule has 1 aliphatic carbocycles. The van der Waals surface area contributed by atoms with Crippen molar-refractivity contribution < 1.29 is 14.3 Å². The van der Waals surface area contributed by atoms with Gasteiger partial charge in [0, 0.05) is 12.2 Å². The Morgan fingerprint density at radius 3 is 2.71 bits per heavy atom. The van der Waals surface area contributed by atoms with Gasteiger partial charge in [0.25, 0.3) is 5.91 Å². The topological polar surface area (TPSA) is 73.6 Å². The summed E-state index contributed by atoms with van der Waals surface area (Å²) in [5.41, 5.74) is 6.16. The summed E-state index contributed by atoms with van der Waals surface area (Å²) in [5, 5.41) is 2.93. The minimum Gasteiger partial charge on any atom is -0.492 e. The fraction of sp³-hybridized carbons (Fsp3) is 0.632. The second-order valence-electron chi connectivity index (χ2n) is 6.58. The molecule has 0 aromatic heterocycles. The first-order valence-corrected chi connectivity index (χ1v) is 9.01. The van der Waals surface area contributed by atoms with Crippen LogP contribution in [-0.2, 0) is 9.53 Å². The molecule has 0 spiro atoms. The number of anilines is 1. The molecule has 5 heteroatoms. The molecular formula is C19H30N2O3. The van der Waals surface area contributed by atoms with Crippen LogP contribution in [0.4, 0.5) is 5.69 Å². The van der Waals surface area contributed by atoms with Gasteiger partial charge in [-0.1, -0.05) is 26.7 Å². The van der Waals surface area contributed by atoms with E-state index in [1.54, 1.807) is 0 Å². The second-order valence-corrected chi connectivity index (χ2v) is 6.58. The van der Waals surface area contributed by atoms with Gasteiger partial charge in [0.2, 0.25) is 0 Å². The van der Waals surface area contributed by atoms with Crippen molar-refractivity contribution in [1.82, 2.24) is 0 Å². The van der Waals surface area contributed by atoms with Gasteiger partial charge in [-0.15, -0.1) is 0 Å². The van der Waals surface area contributed by atoms with Crippen LogP contribution in [0.1, 0.15) is 46.0 Å². The molecular weight excluding hydrogens is 304 g/mol. The normalized spacial score (nSPS) is 22.0. The summed E-state index contributed by atoms with van der Waals surface area (Å²) < 4.78 is 11.5. The molecule has 0 radical (unpaired) electrons. The molecule has 24 heavy (non-hydrogen) atoms. The minimum absolute atomic E-state index is 0.0775. The predicted molar refractivity (Wildman–Crippen MR) is 96.2 cm³/mol. The van der Waals surface area contributed by atoms with Crippen LogP contribution < -0.4 is 15.8 Å². The summed E-state index contributed by atoms with van der Waals surface area (Å²) in [6.07, 6.45) is 5.05. The molecule has 5 nitrogen and oxygen atoms in total. The van der Waals surface area contributed by atoms with Crippen LogP contribution >= 0.6 is 0 Å². The molecule has 134 valence electrons. The van der Waals surface area contributed by atoms with E-state index in [1.807, 2.05) is 31.2 Å². The lowest BCUT2D eigenvalue weighted by Gasteiger charge is -2.29. The Bertz CT molecular complexity index is 504. The van der Waals surface area contributed by atoms with Gasteiger partial charge in [-0.25, -0.2) is 0 Å². The third-order valence-corrected chi connectivity index (χ3v) is 4.42. The summed E-state index contributed by atoms with van der Waals surface area (Å²) in [6.45, 7) is 5.20. The van der Waals surface area contributed by atoms with Crippen LogP contribution in [0.15, 0.2) is 24.3 Å². The number of benzene rings is 1. The summed E-state index contributed by atoms with van der Waals surface area (Å²) in [7, 11) is 0. The molecule has 0 aliphatic heterocycles. The maximum atomic E-state index is 12.5. The molecule has 1 aromatic rings. The summed E-state index contributed by atoms with van der Waals surface area (Å²) in [5.74, 6) is 1.36. The van der Waals surface area contributed by atoms with Crippen molar-refractivity contribution in [3.05, 3.63) is 24.3 Å². The van der Waals surface area contributed by atoms with E-state index in [2.05, 4.69) is 12.2 Å². The Morgan fingerprint density at radius 1 is 1.33 bits per heavy atom. The first kappa shape index (κ1) is 18.7. The van der Waals surface area contributed by atoms with Crippen molar-refractivity contribution in [3.8, 4) is 5.75 Å². The fourth-order valence-electron chi connectivity index (χ4n) is 3.11. The maximum Gasteiger partial charge on any atom is 0.253 e. The lowest BCUT2D eigenvalue weighted by Crippen LogP contribution is -2.35. The predicted octanol–water partition coefficient (Wildman–Crippen LogP) is 3.34. The first-order chi connectivity index (χ1) is 11.6. The average Bonchev–Trinajstić information content (AvgIpc) is 2.59. The van der Waals surface area contributed by atoms with E-state index >= 15 is 0 Å². The van der Waals surface area contributed by atoms with E-state index in [9.17, 15) is 4.79 Å². The highest BCUT2D eigenvalue weighted by molar-refractivity contribution is 5.94. The summed E-state index contributed by atoms with van der Waals surface area (Å²) in [4.78, 5) is 12.5. The molecule has 1 saturated carbocycles. The van der Waals surface area contributed by atoms with E-state index in [-0.39, 0.29) is 12.0 Å². The first-order valence-electron chi connectivity index (χ1n) is 9.01. The number of rotatable bonds is 8. The molecule has 0 bridgehead atoms.